The molecule has 2 atom stereocenters. The molecule has 1 amide bonds. The van der Waals surface area contributed by atoms with Crippen molar-refractivity contribution >= 4 is 23.5 Å². The normalized spacial score (nSPS) is 22.9. The summed E-state index contributed by atoms with van der Waals surface area (Å²) in [5.74, 6) is -2.87. The second kappa shape index (κ2) is 5.17. The molecule has 1 fully saturated rings. The number of hydrogen-bond acceptors (Lipinski definition) is 2. The van der Waals surface area contributed by atoms with Crippen LogP contribution in [0, 0.1) is 11.7 Å². The third-order valence-electron chi connectivity index (χ3n) is 3.37. The number of likely N-dealkylation sites (tertiary alicyclic amines) is 1. The molecule has 1 saturated heterocycles. The van der Waals surface area contributed by atoms with Crippen LogP contribution in [0.25, 0.3) is 0 Å². The van der Waals surface area contributed by atoms with Crippen LogP contribution in [0.2, 0.25) is 5.02 Å². The van der Waals surface area contributed by atoms with E-state index in [9.17, 15) is 19.1 Å². The minimum atomic E-state index is -1.10. The lowest BCUT2D eigenvalue weighted by Gasteiger charge is -2.26. The van der Waals surface area contributed by atoms with Crippen molar-refractivity contribution in [3.8, 4) is 0 Å². The first-order valence-electron chi connectivity index (χ1n) is 5.93. The lowest BCUT2D eigenvalue weighted by molar-refractivity contribution is -0.142. The highest BCUT2D eigenvalue weighted by atomic mass is 35.5. The summed E-state index contributed by atoms with van der Waals surface area (Å²) in [6.07, 6.45) is -0.111. The maximum atomic E-state index is 13.9. The number of carboxylic acid groups (broad SMARTS) is 1. The van der Waals surface area contributed by atoms with E-state index in [0.717, 1.165) is 0 Å². The molecule has 0 radical (unpaired) electrons. The van der Waals surface area contributed by atoms with Crippen LogP contribution < -0.4 is 0 Å². The van der Waals surface area contributed by atoms with E-state index in [2.05, 4.69) is 0 Å². The first-order chi connectivity index (χ1) is 8.95. The molecule has 6 heteroatoms. The molecule has 0 aliphatic carbocycles. The third kappa shape index (κ3) is 2.42. The summed E-state index contributed by atoms with van der Waals surface area (Å²) in [6, 6.07) is 3.17. The van der Waals surface area contributed by atoms with Gasteiger partial charge in [-0.15, -0.1) is 0 Å². The van der Waals surface area contributed by atoms with Gasteiger partial charge >= 0.3 is 5.97 Å². The predicted molar refractivity (Wildman–Crippen MR) is 67.3 cm³/mol. The molecule has 2 unspecified atom stereocenters. The maximum Gasteiger partial charge on any atom is 0.309 e. The minimum absolute atomic E-state index is 0.111. The van der Waals surface area contributed by atoms with Crippen molar-refractivity contribution in [3.05, 3.63) is 34.6 Å². The third-order valence-corrected chi connectivity index (χ3v) is 3.60. The minimum Gasteiger partial charge on any atom is -0.481 e. The zero-order chi connectivity index (χ0) is 14.2. The quantitative estimate of drug-likeness (QED) is 0.928. The largest absolute Gasteiger partial charge is 0.481 e. The van der Waals surface area contributed by atoms with Crippen LogP contribution in [-0.4, -0.2) is 28.4 Å². The van der Waals surface area contributed by atoms with Crippen molar-refractivity contribution in [2.45, 2.75) is 19.4 Å². The molecule has 1 aliphatic heterocycles. The van der Waals surface area contributed by atoms with E-state index in [1.807, 2.05) is 0 Å². The van der Waals surface area contributed by atoms with Gasteiger partial charge in [0.25, 0.3) is 0 Å². The standard InChI is InChI=1S/C13H13ClFNO3/c1-2-16-11(17)6-9(13(18)19)12(16)8-5-7(14)3-4-10(8)15/h3-5,9,12H,2,6H2,1H3,(H,18,19). The summed E-state index contributed by atoms with van der Waals surface area (Å²) in [6.45, 7) is 2.07. The summed E-state index contributed by atoms with van der Waals surface area (Å²) in [4.78, 5) is 24.4. The number of rotatable bonds is 3. The van der Waals surface area contributed by atoms with Crippen molar-refractivity contribution in [2.75, 3.05) is 6.54 Å². The molecule has 0 spiro atoms. The molecular formula is C13H13ClFNO3. The molecule has 102 valence electrons. The topological polar surface area (TPSA) is 57.6 Å². The van der Waals surface area contributed by atoms with E-state index in [1.54, 1.807) is 6.92 Å². The lowest BCUT2D eigenvalue weighted by atomic mass is 9.93. The number of halogens is 2. The number of carbonyl (C=O) groups excluding carboxylic acids is 1. The van der Waals surface area contributed by atoms with Gasteiger partial charge in [-0.25, -0.2) is 4.39 Å². The number of aliphatic carboxylic acids is 1. The fourth-order valence-electron chi connectivity index (χ4n) is 2.51. The Morgan fingerprint density at radius 1 is 1.58 bits per heavy atom. The Bertz CT molecular complexity index is 535. The van der Waals surface area contributed by atoms with Crippen molar-refractivity contribution in [3.63, 3.8) is 0 Å². The van der Waals surface area contributed by atoms with Crippen LogP contribution in [0.4, 0.5) is 4.39 Å². The van der Waals surface area contributed by atoms with E-state index in [1.165, 1.54) is 23.1 Å². The molecule has 4 nitrogen and oxygen atoms in total. The second-order valence-electron chi connectivity index (χ2n) is 4.44. The average Bonchev–Trinajstić information content (AvgIpc) is 2.69. The second-order valence-corrected chi connectivity index (χ2v) is 4.88. The molecule has 0 saturated carbocycles. The summed E-state index contributed by atoms with van der Waals surface area (Å²) >= 11 is 5.83. The van der Waals surface area contributed by atoms with Crippen molar-refractivity contribution in [1.82, 2.24) is 4.90 Å². The van der Waals surface area contributed by atoms with Gasteiger partial charge in [0.05, 0.1) is 12.0 Å². The van der Waals surface area contributed by atoms with E-state index in [-0.39, 0.29) is 17.9 Å². The first kappa shape index (κ1) is 13.8. The van der Waals surface area contributed by atoms with Crippen LogP contribution in [-0.2, 0) is 9.59 Å². The fourth-order valence-corrected chi connectivity index (χ4v) is 2.69. The summed E-state index contributed by atoms with van der Waals surface area (Å²) < 4.78 is 13.9. The number of nitrogens with zero attached hydrogens (tertiary/aromatic N) is 1. The Balaban J connectivity index is 2.51. The number of carbonyl (C=O) groups is 2. The number of benzene rings is 1. The van der Waals surface area contributed by atoms with Gasteiger partial charge in [-0.05, 0) is 25.1 Å². The summed E-state index contributed by atoms with van der Waals surface area (Å²) in [5, 5.41) is 9.52. The van der Waals surface area contributed by atoms with Crippen molar-refractivity contribution in [1.29, 1.82) is 0 Å². The lowest BCUT2D eigenvalue weighted by Crippen LogP contribution is -2.31. The molecule has 19 heavy (non-hydrogen) atoms. The molecule has 1 N–H and O–H groups in total. The Labute approximate surface area is 114 Å². The Morgan fingerprint density at radius 3 is 2.84 bits per heavy atom. The monoisotopic (exact) mass is 285 g/mol. The van der Waals surface area contributed by atoms with E-state index < -0.39 is 23.7 Å². The molecule has 0 aromatic heterocycles. The SMILES string of the molecule is CCN1C(=O)CC(C(=O)O)C1c1cc(Cl)ccc1F. The Hall–Kier alpha value is -1.62. The van der Waals surface area contributed by atoms with Crippen molar-refractivity contribution < 1.29 is 19.1 Å². The number of carboxylic acids is 1. The zero-order valence-corrected chi connectivity index (χ0v) is 11.0. The highest BCUT2D eigenvalue weighted by Crippen LogP contribution is 2.39. The number of amides is 1. The molecule has 1 heterocycles. The molecular weight excluding hydrogens is 273 g/mol. The average molecular weight is 286 g/mol. The van der Waals surface area contributed by atoms with Crippen LogP contribution >= 0.6 is 11.6 Å². The van der Waals surface area contributed by atoms with Crippen LogP contribution in [0.3, 0.4) is 0 Å². The van der Waals surface area contributed by atoms with Crippen LogP contribution in [0.15, 0.2) is 18.2 Å². The van der Waals surface area contributed by atoms with E-state index in [4.69, 9.17) is 11.6 Å². The summed E-state index contributed by atoms with van der Waals surface area (Å²) in [5.41, 5.74) is 0.160. The highest BCUT2D eigenvalue weighted by Gasteiger charge is 2.44. The van der Waals surface area contributed by atoms with Gasteiger partial charge in [0.15, 0.2) is 0 Å². The van der Waals surface area contributed by atoms with Gasteiger partial charge in [0.1, 0.15) is 5.82 Å². The fraction of sp³-hybridized carbons (Fsp3) is 0.385. The highest BCUT2D eigenvalue weighted by molar-refractivity contribution is 6.30. The zero-order valence-electron chi connectivity index (χ0n) is 10.3. The smallest absolute Gasteiger partial charge is 0.309 e. The van der Waals surface area contributed by atoms with Crippen LogP contribution in [0.1, 0.15) is 24.9 Å². The van der Waals surface area contributed by atoms with Gasteiger partial charge in [0, 0.05) is 23.6 Å². The molecule has 2 rings (SSSR count). The van der Waals surface area contributed by atoms with Gasteiger partial charge in [-0.2, -0.15) is 0 Å². The Kier molecular flexibility index (Phi) is 3.75. The van der Waals surface area contributed by atoms with Gasteiger partial charge in [-0.1, -0.05) is 11.6 Å². The molecule has 0 bridgehead atoms. The van der Waals surface area contributed by atoms with Gasteiger partial charge in [0.2, 0.25) is 5.91 Å². The maximum absolute atomic E-state index is 13.9. The van der Waals surface area contributed by atoms with Crippen LogP contribution in [0.5, 0.6) is 0 Å². The summed E-state index contributed by atoms with van der Waals surface area (Å²) in [7, 11) is 0. The Morgan fingerprint density at radius 2 is 2.26 bits per heavy atom. The first-order valence-corrected chi connectivity index (χ1v) is 6.30. The molecule has 1 aliphatic rings. The van der Waals surface area contributed by atoms with E-state index >= 15 is 0 Å². The molecule has 1 aromatic rings. The van der Waals surface area contributed by atoms with Crippen molar-refractivity contribution in [2.24, 2.45) is 5.92 Å². The van der Waals surface area contributed by atoms with E-state index in [0.29, 0.717) is 11.6 Å². The number of hydrogen-bond donors (Lipinski definition) is 1. The van der Waals surface area contributed by atoms with Gasteiger partial charge < -0.3 is 10.0 Å². The predicted octanol–water partition coefficient (Wildman–Crippen LogP) is 2.47. The van der Waals surface area contributed by atoms with Gasteiger partial charge in [-0.3, -0.25) is 9.59 Å². The molecule has 1 aromatic carbocycles.